The number of hydrogen-bond acceptors (Lipinski definition) is 7. The number of aryl methyl sites for hydroxylation is 1. The maximum absolute atomic E-state index is 12.3. The molecule has 1 heterocycles. The van der Waals surface area contributed by atoms with Gasteiger partial charge in [0.05, 0.1) is 14.2 Å². The monoisotopic (exact) mass is 396 g/mol. The summed E-state index contributed by atoms with van der Waals surface area (Å²) in [5.74, 6) is -0.0990. The largest absolute Gasteiger partial charge is 0.493 e. The van der Waals surface area contributed by atoms with E-state index in [-0.39, 0.29) is 24.0 Å². The van der Waals surface area contributed by atoms with Crippen LogP contribution in [0.25, 0.3) is 6.08 Å². The molecule has 29 heavy (non-hydrogen) atoms. The minimum Gasteiger partial charge on any atom is -0.493 e. The molecule has 0 spiro atoms. The average Bonchev–Trinajstić information content (AvgIpc) is 3.06. The lowest BCUT2D eigenvalue weighted by Crippen LogP contribution is -2.20. The zero-order valence-corrected chi connectivity index (χ0v) is 16.2. The first kappa shape index (κ1) is 19.9. The number of ether oxygens (including phenoxy) is 4. The van der Waals surface area contributed by atoms with Crippen LogP contribution in [0, 0.1) is 6.92 Å². The second-order valence-electron chi connectivity index (χ2n) is 6.22. The predicted molar refractivity (Wildman–Crippen MR) is 106 cm³/mol. The van der Waals surface area contributed by atoms with E-state index >= 15 is 0 Å². The number of methoxy groups -OCH3 is 2. The Hall–Kier alpha value is -3.81. The summed E-state index contributed by atoms with van der Waals surface area (Å²) in [4.78, 5) is 27.6. The Bertz CT molecular complexity index is 1000. The van der Waals surface area contributed by atoms with Crippen LogP contribution in [-0.4, -0.2) is 38.6 Å². The van der Waals surface area contributed by atoms with Gasteiger partial charge in [-0.3, -0.25) is 4.79 Å². The van der Waals surface area contributed by atoms with Gasteiger partial charge in [-0.1, -0.05) is 17.7 Å². The Morgan fingerprint density at radius 2 is 1.86 bits per heavy atom. The van der Waals surface area contributed by atoms with Crippen LogP contribution in [0.4, 0.5) is 0 Å². The van der Waals surface area contributed by atoms with Gasteiger partial charge in [0.2, 0.25) is 11.6 Å². The summed E-state index contributed by atoms with van der Waals surface area (Å²) in [7, 11) is 2.89. The van der Waals surface area contributed by atoms with E-state index in [1.807, 2.05) is 31.2 Å². The molecule has 2 N–H and O–H groups in total. The number of amides is 1. The van der Waals surface area contributed by atoms with Gasteiger partial charge >= 0.3 is 5.97 Å². The molecule has 1 amide bonds. The maximum Gasteiger partial charge on any atom is 0.363 e. The van der Waals surface area contributed by atoms with Crippen LogP contribution in [0.5, 0.6) is 17.2 Å². The Morgan fingerprint density at radius 1 is 1.17 bits per heavy atom. The first-order valence-electron chi connectivity index (χ1n) is 8.68. The summed E-state index contributed by atoms with van der Waals surface area (Å²) in [6, 6.07) is 10.8. The molecule has 0 aliphatic carbocycles. The van der Waals surface area contributed by atoms with Crippen LogP contribution in [0.3, 0.4) is 0 Å². The summed E-state index contributed by atoms with van der Waals surface area (Å²) in [6.45, 7) is 1.61. The fraction of sp³-hybridized carbons (Fsp3) is 0.190. The molecule has 1 aliphatic rings. The number of primary amides is 1. The minimum absolute atomic E-state index is 0.136. The van der Waals surface area contributed by atoms with Gasteiger partial charge in [-0.15, -0.1) is 0 Å². The van der Waals surface area contributed by atoms with Crippen LogP contribution in [0.1, 0.15) is 16.7 Å². The molecular weight excluding hydrogens is 376 g/mol. The van der Waals surface area contributed by atoms with Gasteiger partial charge < -0.3 is 24.7 Å². The minimum atomic E-state index is -0.632. The molecule has 0 atom stereocenters. The number of aliphatic imine (C=N–C) groups is 1. The molecule has 0 aromatic heterocycles. The second-order valence-corrected chi connectivity index (χ2v) is 6.22. The van der Waals surface area contributed by atoms with Crippen molar-refractivity contribution in [3.05, 3.63) is 58.8 Å². The van der Waals surface area contributed by atoms with E-state index in [1.165, 1.54) is 14.2 Å². The zero-order valence-electron chi connectivity index (χ0n) is 16.2. The van der Waals surface area contributed by atoms with E-state index in [0.717, 1.165) is 5.56 Å². The normalized spacial score (nSPS) is 14.4. The van der Waals surface area contributed by atoms with Crippen molar-refractivity contribution in [2.75, 3.05) is 20.8 Å². The van der Waals surface area contributed by atoms with Crippen LogP contribution in [-0.2, 0) is 14.3 Å². The summed E-state index contributed by atoms with van der Waals surface area (Å²) < 4.78 is 21.3. The lowest BCUT2D eigenvalue weighted by molar-refractivity contribution is -0.130. The SMILES string of the molecule is COc1cc(/C=C2\N=C(c3cccc(C)c3)OC2=O)cc(OC)c1OCC(N)=O. The first-order chi connectivity index (χ1) is 13.9. The van der Waals surface area contributed by atoms with Gasteiger partial charge in [-0.2, -0.15) is 0 Å². The number of nitrogens with two attached hydrogens (primary N) is 1. The van der Waals surface area contributed by atoms with Crippen LogP contribution < -0.4 is 19.9 Å². The van der Waals surface area contributed by atoms with E-state index in [0.29, 0.717) is 22.6 Å². The van der Waals surface area contributed by atoms with Crippen molar-refractivity contribution in [3.8, 4) is 17.2 Å². The van der Waals surface area contributed by atoms with Gasteiger partial charge in [0.15, 0.2) is 23.8 Å². The summed E-state index contributed by atoms with van der Waals surface area (Å²) in [5, 5.41) is 0. The first-order valence-corrected chi connectivity index (χ1v) is 8.68. The molecule has 0 bridgehead atoms. The van der Waals surface area contributed by atoms with E-state index in [9.17, 15) is 9.59 Å². The molecule has 2 aromatic carbocycles. The number of cyclic esters (lactones) is 1. The van der Waals surface area contributed by atoms with Crippen LogP contribution in [0.2, 0.25) is 0 Å². The summed E-state index contributed by atoms with van der Waals surface area (Å²) >= 11 is 0. The second kappa shape index (κ2) is 8.47. The number of carbonyl (C=O) groups is 2. The molecule has 0 unspecified atom stereocenters. The van der Waals surface area contributed by atoms with Gasteiger partial charge in [0, 0.05) is 5.56 Å². The summed E-state index contributed by atoms with van der Waals surface area (Å²) in [5.41, 5.74) is 7.58. The van der Waals surface area contributed by atoms with E-state index < -0.39 is 11.9 Å². The van der Waals surface area contributed by atoms with E-state index in [2.05, 4.69) is 4.99 Å². The van der Waals surface area contributed by atoms with E-state index in [1.54, 1.807) is 18.2 Å². The fourth-order valence-corrected chi connectivity index (χ4v) is 2.74. The quantitative estimate of drug-likeness (QED) is 0.568. The standard InChI is InChI=1S/C21H20N2O6/c1-12-5-4-6-14(7-12)20-23-15(21(25)29-20)8-13-9-16(26-2)19(17(10-13)27-3)28-11-18(22)24/h4-10H,11H2,1-3H3,(H2,22,24)/b15-8-. The highest BCUT2D eigenvalue weighted by Crippen LogP contribution is 2.39. The van der Waals surface area contributed by atoms with Crippen molar-refractivity contribution in [2.24, 2.45) is 10.7 Å². The molecule has 0 saturated heterocycles. The Labute approximate surface area is 167 Å². The Morgan fingerprint density at radius 3 is 2.45 bits per heavy atom. The summed E-state index contributed by atoms with van der Waals surface area (Å²) in [6.07, 6.45) is 1.55. The van der Waals surface area contributed by atoms with Crippen molar-refractivity contribution in [3.63, 3.8) is 0 Å². The lowest BCUT2D eigenvalue weighted by Gasteiger charge is -2.14. The number of esters is 1. The molecule has 2 aromatic rings. The third-order valence-electron chi connectivity index (χ3n) is 4.03. The van der Waals surface area contributed by atoms with Gasteiger partial charge in [-0.05, 0) is 42.8 Å². The smallest absolute Gasteiger partial charge is 0.363 e. The Kier molecular flexibility index (Phi) is 5.82. The zero-order chi connectivity index (χ0) is 21.0. The third kappa shape index (κ3) is 4.55. The van der Waals surface area contributed by atoms with Gasteiger partial charge in [-0.25, -0.2) is 9.79 Å². The molecular formula is C21H20N2O6. The molecule has 8 nitrogen and oxygen atoms in total. The van der Waals surface area contributed by atoms with Crippen molar-refractivity contribution in [1.29, 1.82) is 0 Å². The number of benzene rings is 2. The van der Waals surface area contributed by atoms with Gasteiger partial charge in [0.25, 0.3) is 5.91 Å². The number of carbonyl (C=O) groups excluding carboxylic acids is 2. The molecule has 0 saturated carbocycles. The average molecular weight is 396 g/mol. The molecule has 0 fully saturated rings. The molecule has 0 radical (unpaired) electrons. The van der Waals surface area contributed by atoms with Crippen molar-refractivity contribution >= 4 is 23.9 Å². The molecule has 150 valence electrons. The number of hydrogen-bond donors (Lipinski definition) is 1. The van der Waals surface area contributed by atoms with Crippen LogP contribution in [0.15, 0.2) is 47.1 Å². The molecule has 3 rings (SSSR count). The van der Waals surface area contributed by atoms with E-state index in [4.69, 9.17) is 24.7 Å². The fourth-order valence-electron chi connectivity index (χ4n) is 2.74. The highest BCUT2D eigenvalue weighted by Gasteiger charge is 2.25. The lowest BCUT2D eigenvalue weighted by atomic mass is 10.1. The maximum atomic E-state index is 12.3. The van der Waals surface area contributed by atoms with Crippen molar-refractivity contribution in [1.82, 2.24) is 0 Å². The molecule has 1 aliphatic heterocycles. The highest BCUT2D eigenvalue weighted by molar-refractivity contribution is 6.12. The topological polar surface area (TPSA) is 109 Å². The third-order valence-corrected chi connectivity index (χ3v) is 4.03. The Balaban J connectivity index is 1.96. The highest BCUT2D eigenvalue weighted by atomic mass is 16.6. The van der Waals surface area contributed by atoms with Crippen molar-refractivity contribution < 1.29 is 28.5 Å². The number of nitrogens with zero attached hydrogens (tertiary/aromatic N) is 1. The van der Waals surface area contributed by atoms with Gasteiger partial charge in [0.1, 0.15) is 0 Å². The molecule has 8 heteroatoms. The van der Waals surface area contributed by atoms with Crippen molar-refractivity contribution in [2.45, 2.75) is 6.92 Å². The predicted octanol–water partition coefficient (Wildman–Crippen LogP) is 2.22. The van der Waals surface area contributed by atoms with Crippen LogP contribution >= 0.6 is 0 Å². The number of rotatable bonds is 7.